The number of fused-ring (bicyclic) bond motifs is 10. The third-order valence-electron chi connectivity index (χ3n) is 11.7. The quantitative estimate of drug-likeness (QED) is 0.181. The molecule has 0 fully saturated rings. The van der Waals surface area contributed by atoms with E-state index >= 15 is 0 Å². The molecule has 3 aromatic heterocycles. The fourth-order valence-electron chi connectivity index (χ4n) is 9.41. The zero-order valence-corrected chi connectivity index (χ0v) is 30.5. The molecule has 11 aromatic rings. The minimum atomic E-state index is -0.514. The van der Waals surface area contributed by atoms with Crippen LogP contribution in [-0.4, -0.2) is 14.5 Å². The van der Waals surface area contributed by atoms with Crippen molar-refractivity contribution in [1.29, 1.82) is 0 Å². The van der Waals surface area contributed by atoms with Gasteiger partial charge in [-0.3, -0.25) is 4.57 Å². The normalized spacial score (nSPS) is 13.2. The van der Waals surface area contributed by atoms with Crippen LogP contribution in [0.1, 0.15) is 22.3 Å². The van der Waals surface area contributed by atoms with Gasteiger partial charge < -0.3 is 0 Å². The Bertz CT molecular complexity index is 3280. The molecule has 0 spiro atoms. The maximum atomic E-state index is 5.70. The van der Waals surface area contributed by atoms with Gasteiger partial charge >= 0.3 is 0 Å². The average molecular weight is 718 g/mol. The molecule has 0 saturated heterocycles. The van der Waals surface area contributed by atoms with Crippen LogP contribution in [0, 0.1) is 0 Å². The first-order valence-electron chi connectivity index (χ1n) is 18.8. The minimum Gasteiger partial charge on any atom is -0.292 e. The first-order chi connectivity index (χ1) is 27.3. The van der Waals surface area contributed by atoms with Crippen LogP contribution < -0.4 is 0 Å². The number of para-hydroxylation sites is 1. The van der Waals surface area contributed by atoms with E-state index in [2.05, 4.69) is 193 Å². The lowest BCUT2D eigenvalue weighted by Crippen LogP contribution is -2.28. The van der Waals surface area contributed by atoms with Gasteiger partial charge in [-0.05, 0) is 68.4 Å². The predicted molar refractivity (Wildman–Crippen MR) is 230 cm³/mol. The van der Waals surface area contributed by atoms with Crippen LogP contribution in [0.15, 0.2) is 188 Å². The van der Waals surface area contributed by atoms with Gasteiger partial charge in [-0.2, -0.15) is 0 Å². The molecule has 8 aromatic carbocycles. The SMILES string of the molecule is c1ccc(C2(c3ccccc3)c3ccccc3-c3c(-c4nc(-n5c6ccccc6c6cc7ccccc7cc65)c5sc6ccccc6c5n4)cccc32)cc1. The monoisotopic (exact) mass is 717 g/mol. The van der Waals surface area contributed by atoms with Gasteiger partial charge in [0.15, 0.2) is 11.6 Å². The highest BCUT2D eigenvalue weighted by atomic mass is 32.1. The van der Waals surface area contributed by atoms with Gasteiger partial charge in [0, 0.05) is 26.4 Å². The first-order valence-corrected chi connectivity index (χ1v) is 19.6. The molecular weight excluding hydrogens is 687 g/mol. The Hall–Kier alpha value is -6.88. The van der Waals surface area contributed by atoms with E-state index in [0.29, 0.717) is 0 Å². The highest BCUT2D eigenvalue weighted by Gasteiger charge is 2.47. The van der Waals surface area contributed by atoms with Crippen LogP contribution in [0.3, 0.4) is 0 Å². The zero-order valence-electron chi connectivity index (χ0n) is 29.6. The van der Waals surface area contributed by atoms with E-state index in [1.165, 1.54) is 59.6 Å². The Morgan fingerprint density at radius 1 is 0.455 bits per heavy atom. The number of rotatable bonds is 4. The zero-order chi connectivity index (χ0) is 36.1. The maximum Gasteiger partial charge on any atom is 0.162 e. The third-order valence-corrected chi connectivity index (χ3v) is 12.8. The molecule has 256 valence electrons. The van der Waals surface area contributed by atoms with Crippen LogP contribution in [0.2, 0.25) is 0 Å². The molecule has 0 atom stereocenters. The molecule has 0 amide bonds. The number of benzene rings is 8. The van der Waals surface area contributed by atoms with Crippen LogP contribution in [0.5, 0.6) is 0 Å². The van der Waals surface area contributed by atoms with Gasteiger partial charge in [-0.15, -0.1) is 11.3 Å². The molecular formula is C51H31N3S. The molecule has 0 saturated carbocycles. The highest BCUT2D eigenvalue weighted by Crippen LogP contribution is 2.58. The van der Waals surface area contributed by atoms with Crippen molar-refractivity contribution in [2.45, 2.75) is 5.41 Å². The van der Waals surface area contributed by atoms with Crippen molar-refractivity contribution < 1.29 is 0 Å². The Kier molecular flexibility index (Phi) is 6.42. The van der Waals surface area contributed by atoms with Gasteiger partial charge in [0.2, 0.25) is 0 Å². The van der Waals surface area contributed by atoms with Gasteiger partial charge in [-0.25, -0.2) is 9.97 Å². The minimum absolute atomic E-state index is 0.514. The Morgan fingerprint density at radius 3 is 1.87 bits per heavy atom. The Labute approximate surface area is 321 Å². The van der Waals surface area contributed by atoms with Crippen molar-refractivity contribution >= 4 is 64.2 Å². The molecule has 3 heterocycles. The number of aromatic nitrogens is 3. The summed E-state index contributed by atoms with van der Waals surface area (Å²) in [5.74, 6) is 1.63. The molecule has 0 bridgehead atoms. The number of thiophene rings is 1. The van der Waals surface area contributed by atoms with Gasteiger partial charge in [0.1, 0.15) is 0 Å². The summed E-state index contributed by atoms with van der Waals surface area (Å²) in [7, 11) is 0. The van der Waals surface area contributed by atoms with Crippen LogP contribution in [0.25, 0.3) is 81.2 Å². The van der Waals surface area contributed by atoms with E-state index in [1.807, 2.05) is 0 Å². The van der Waals surface area contributed by atoms with Crippen molar-refractivity contribution in [2.24, 2.45) is 0 Å². The molecule has 3 nitrogen and oxygen atoms in total. The lowest BCUT2D eigenvalue weighted by atomic mass is 9.67. The Balaban J connectivity index is 1.22. The summed E-state index contributed by atoms with van der Waals surface area (Å²) >= 11 is 1.77. The molecule has 0 radical (unpaired) electrons. The second-order valence-corrected chi connectivity index (χ2v) is 15.5. The second kappa shape index (κ2) is 11.6. The standard InChI is InChI=1S/C51H31N3S/c1-3-18-34(19-4-1)51(35-20-5-2-6-21-35)41-26-12-9-23-37(41)46-39(25-15-27-42(46)51)49-52-47-38-24-11-14-29-45(38)55-48(47)50(53-49)54-43-28-13-10-22-36(43)40-30-32-16-7-8-17-33(32)31-44(40)54/h1-31H. The van der Waals surface area contributed by atoms with Crippen molar-refractivity contribution in [2.75, 3.05) is 0 Å². The summed E-state index contributed by atoms with van der Waals surface area (Å²) in [4.78, 5) is 11.2. The van der Waals surface area contributed by atoms with E-state index in [4.69, 9.17) is 9.97 Å². The van der Waals surface area contributed by atoms with Crippen molar-refractivity contribution in [3.63, 3.8) is 0 Å². The number of hydrogen-bond donors (Lipinski definition) is 0. The molecule has 0 N–H and O–H groups in total. The van der Waals surface area contributed by atoms with Crippen molar-refractivity contribution in [3.8, 4) is 28.3 Å². The highest BCUT2D eigenvalue weighted by molar-refractivity contribution is 7.26. The second-order valence-electron chi connectivity index (χ2n) is 14.5. The van der Waals surface area contributed by atoms with Crippen molar-refractivity contribution in [1.82, 2.24) is 14.5 Å². The molecule has 0 aliphatic heterocycles. The third kappa shape index (κ3) is 4.20. The molecule has 12 rings (SSSR count). The summed E-state index contributed by atoms with van der Waals surface area (Å²) in [6.45, 7) is 0. The molecule has 1 aliphatic rings. The summed E-state index contributed by atoms with van der Waals surface area (Å²) in [5, 5.41) is 6.01. The lowest BCUT2D eigenvalue weighted by molar-refractivity contribution is 0.768. The molecule has 1 aliphatic carbocycles. The number of hydrogen-bond acceptors (Lipinski definition) is 3. The predicted octanol–water partition coefficient (Wildman–Crippen LogP) is 13.1. The molecule has 4 heteroatoms. The van der Waals surface area contributed by atoms with Crippen LogP contribution in [0.4, 0.5) is 0 Å². The van der Waals surface area contributed by atoms with Crippen LogP contribution >= 0.6 is 11.3 Å². The smallest absolute Gasteiger partial charge is 0.162 e. The van der Waals surface area contributed by atoms with Crippen LogP contribution in [-0.2, 0) is 5.41 Å². The fourth-order valence-corrected chi connectivity index (χ4v) is 10.5. The van der Waals surface area contributed by atoms with E-state index in [1.54, 1.807) is 11.3 Å². The molecule has 55 heavy (non-hydrogen) atoms. The van der Waals surface area contributed by atoms with E-state index in [9.17, 15) is 0 Å². The fraction of sp³-hybridized carbons (Fsp3) is 0.0196. The van der Waals surface area contributed by atoms with E-state index < -0.39 is 5.41 Å². The summed E-state index contributed by atoms with van der Waals surface area (Å²) < 4.78 is 4.67. The number of nitrogens with zero attached hydrogens (tertiary/aromatic N) is 3. The molecule has 0 unspecified atom stereocenters. The van der Waals surface area contributed by atoms with Gasteiger partial charge in [0.25, 0.3) is 0 Å². The summed E-state index contributed by atoms with van der Waals surface area (Å²) in [6, 6.07) is 68.3. The summed E-state index contributed by atoms with van der Waals surface area (Å²) in [5.41, 5.74) is 11.2. The average Bonchev–Trinajstić information content (AvgIpc) is 3.89. The first kappa shape index (κ1) is 30.6. The largest absolute Gasteiger partial charge is 0.292 e. The summed E-state index contributed by atoms with van der Waals surface area (Å²) in [6.07, 6.45) is 0. The van der Waals surface area contributed by atoms with Gasteiger partial charge in [-0.1, -0.05) is 164 Å². The Morgan fingerprint density at radius 2 is 1.07 bits per heavy atom. The maximum absolute atomic E-state index is 5.70. The van der Waals surface area contributed by atoms with E-state index in [0.717, 1.165) is 43.8 Å². The van der Waals surface area contributed by atoms with Crippen molar-refractivity contribution in [3.05, 3.63) is 210 Å². The topological polar surface area (TPSA) is 30.7 Å². The van der Waals surface area contributed by atoms with Gasteiger partial charge in [0.05, 0.1) is 26.7 Å². The lowest BCUT2D eigenvalue weighted by Gasteiger charge is -2.33. The van der Waals surface area contributed by atoms with E-state index in [-0.39, 0.29) is 0 Å².